The maximum atomic E-state index is 6.22. The summed E-state index contributed by atoms with van der Waals surface area (Å²) in [6.07, 6.45) is 7.35. The molecule has 0 fully saturated rings. The fourth-order valence-electron chi connectivity index (χ4n) is 2.75. The van der Waals surface area contributed by atoms with Gasteiger partial charge in [0.25, 0.3) is 0 Å². The van der Waals surface area contributed by atoms with E-state index >= 15 is 0 Å². The summed E-state index contributed by atoms with van der Waals surface area (Å²) >= 11 is 5.70. The summed E-state index contributed by atoms with van der Waals surface area (Å²) in [5, 5.41) is 0. The number of hydrogen-bond acceptors (Lipinski definition) is 1. The van der Waals surface area contributed by atoms with Gasteiger partial charge in [0.15, 0.2) is 0 Å². The molecule has 0 aliphatic heterocycles. The van der Waals surface area contributed by atoms with Crippen molar-refractivity contribution in [1.82, 2.24) is 0 Å². The zero-order chi connectivity index (χ0) is 16.2. The number of alkyl halides is 1. The van der Waals surface area contributed by atoms with E-state index in [1.54, 1.807) is 0 Å². The van der Waals surface area contributed by atoms with Crippen molar-refractivity contribution in [3.05, 3.63) is 71.8 Å². The molecule has 0 saturated carbocycles. The van der Waals surface area contributed by atoms with Crippen LogP contribution in [0.1, 0.15) is 55.8 Å². The van der Waals surface area contributed by atoms with Crippen molar-refractivity contribution < 1.29 is 4.74 Å². The maximum Gasteiger partial charge on any atom is 0.108 e. The van der Waals surface area contributed by atoms with Crippen LogP contribution >= 0.6 is 11.6 Å². The van der Waals surface area contributed by atoms with Crippen LogP contribution in [0.5, 0.6) is 0 Å². The van der Waals surface area contributed by atoms with Crippen LogP contribution in [0.3, 0.4) is 0 Å². The molecule has 0 atom stereocenters. The Labute approximate surface area is 145 Å². The standard InChI is InChI=1S/C21H27ClO/c22-17-11-3-1-2-4-12-18-23-21(19-13-7-5-8-14-19)20-15-9-6-10-16-20/h5-10,13-16,21H,1-4,11-12,17-18H2. The minimum Gasteiger partial charge on any atom is -0.369 e. The molecule has 124 valence electrons. The Morgan fingerprint density at radius 3 is 1.65 bits per heavy atom. The number of rotatable bonds is 11. The van der Waals surface area contributed by atoms with E-state index in [1.807, 2.05) is 12.1 Å². The predicted octanol–water partition coefficient (Wildman–Crippen LogP) is 6.37. The number of benzene rings is 2. The lowest BCUT2D eigenvalue weighted by Gasteiger charge is -2.19. The molecule has 0 amide bonds. The van der Waals surface area contributed by atoms with Gasteiger partial charge in [-0.15, -0.1) is 11.6 Å². The van der Waals surface area contributed by atoms with E-state index in [0.717, 1.165) is 25.3 Å². The van der Waals surface area contributed by atoms with Crippen LogP contribution in [0, 0.1) is 0 Å². The Hall–Kier alpha value is -1.31. The van der Waals surface area contributed by atoms with Gasteiger partial charge in [-0.2, -0.15) is 0 Å². The molecule has 2 aromatic carbocycles. The quantitative estimate of drug-likeness (QED) is 0.343. The van der Waals surface area contributed by atoms with E-state index in [0.29, 0.717) is 0 Å². The largest absolute Gasteiger partial charge is 0.369 e. The Bertz CT molecular complexity index is 472. The fourth-order valence-corrected chi connectivity index (χ4v) is 2.93. The van der Waals surface area contributed by atoms with Crippen molar-refractivity contribution in [3.63, 3.8) is 0 Å². The molecule has 1 nitrogen and oxygen atoms in total. The van der Waals surface area contributed by atoms with Gasteiger partial charge in [0.1, 0.15) is 6.10 Å². The highest BCUT2D eigenvalue weighted by Crippen LogP contribution is 2.26. The molecule has 0 bridgehead atoms. The van der Waals surface area contributed by atoms with Gasteiger partial charge in [0, 0.05) is 12.5 Å². The van der Waals surface area contributed by atoms with Gasteiger partial charge in [0.2, 0.25) is 0 Å². The van der Waals surface area contributed by atoms with Gasteiger partial charge in [-0.25, -0.2) is 0 Å². The van der Waals surface area contributed by atoms with E-state index in [-0.39, 0.29) is 6.10 Å². The first kappa shape index (κ1) is 18.0. The highest BCUT2D eigenvalue weighted by atomic mass is 35.5. The van der Waals surface area contributed by atoms with Crippen LogP contribution in [0.15, 0.2) is 60.7 Å². The summed E-state index contributed by atoms with van der Waals surface area (Å²) in [6, 6.07) is 21.0. The van der Waals surface area contributed by atoms with Crippen molar-refractivity contribution in [2.45, 2.75) is 44.6 Å². The van der Waals surface area contributed by atoms with Crippen molar-refractivity contribution in [2.75, 3.05) is 12.5 Å². The number of hydrogen-bond donors (Lipinski definition) is 0. The highest BCUT2D eigenvalue weighted by molar-refractivity contribution is 6.17. The van der Waals surface area contributed by atoms with E-state index in [9.17, 15) is 0 Å². The monoisotopic (exact) mass is 330 g/mol. The third-order valence-corrected chi connectivity index (χ3v) is 4.28. The Kier molecular flexibility index (Phi) is 8.83. The normalized spacial score (nSPS) is 11.0. The molecule has 0 N–H and O–H groups in total. The Morgan fingerprint density at radius 1 is 0.652 bits per heavy atom. The summed E-state index contributed by atoms with van der Waals surface area (Å²) in [7, 11) is 0. The number of halogens is 1. The zero-order valence-electron chi connectivity index (χ0n) is 13.8. The van der Waals surface area contributed by atoms with E-state index in [4.69, 9.17) is 16.3 Å². The maximum absolute atomic E-state index is 6.22. The van der Waals surface area contributed by atoms with Crippen LogP contribution < -0.4 is 0 Å². The van der Waals surface area contributed by atoms with Crippen LogP contribution in [0.4, 0.5) is 0 Å². The van der Waals surface area contributed by atoms with Gasteiger partial charge >= 0.3 is 0 Å². The number of ether oxygens (including phenoxy) is 1. The van der Waals surface area contributed by atoms with E-state index < -0.39 is 0 Å². The SMILES string of the molecule is ClCCCCCCCCOC(c1ccccc1)c1ccccc1. The first-order valence-electron chi connectivity index (χ1n) is 8.69. The molecule has 0 saturated heterocycles. The highest BCUT2D eigenvalue weighted by Gasteiger charge is 2.13. The molecule has 0 aromatic heterocycles. The first-order valence-corrected chi connectivity index (χ1v) is 9.22. The zero-order valence-corrected chi connectivity index (χ0v) is 14.5. The van der Waals surface area contributed by atoms with Crippen LogP contribution in [-0.2, 0) is 4.74 Å². The van der Waals surface area contributed by atoms with Gasteiger partial charge in [0.05, 0.1) is 0 Å². The van der Waals surface area contributed by atoms with Gasteiger partial charge < -0.3 is 4.74 Å². The topological polar surface area (TPSA) is 9.23 Å². The summed E-state index contributed by atoms with van der Waals surface area (Å²) in [4.78, 5) is 0. The Balaban J connectivity index is 1.80. The van der Waals surface area contributed by atoms with Crippen LogP contribution in [0.2, 0.25) is 0 Å². The molecular formula is C21H27ClO. The molecule has 2 rings (SSSR count). The van der Waals surface area contributed by atoms with Gasteiger partial charge in [-0.3, -0.25) is 0 Å². The van der Waals surface area contributed by atoms with Crippen LogP contribution in [-0.4, -0.2) is 12.5 Å². The smallest absolute Gasteiger partial charge is 0.108 e. The Morgan fingerprint density at radius 2 is 1.13 bits per heavy atom. The lowest BCUT2D eigenvalue weighted by atomic mass is 10.0. The molecule has 0 unspecified atom stereocenters. The number of unbranched alkanes of at least 4 members (excludes halogenated alkanes) is 5. The minimum atomic E-state index is 0.0358. The van der Waals surface area contributed by atoms with Gasteiger partial charge in [-0.1, -0.05) is 86.3 Å². The summed E-state index contributed by atoms with van der Waals surface area (Å²) in [5.41, 5.74) is 2.45. The predicted molar refractivity (Wildman–Crippen MR) is 99.1 cm³/mol. The third kappa shape index (κ3) is 6.76. The summed E-state index contributed by atoms with van der Waals surface area (Å²) in [6.45, 7) is 0.809. The van der Waals surface area contributed by atoms with Gasteiger partial charge in [-0.05, 0) is 24.0 Å². The molecule has 0 spiro atoms. The first-order chi connectivity index (χ1) is 11.4. The lowest BCUT2D eigenvalue weighted by Crippen LogP contribution is -2.07. The molecule has 23 heavy (non-hydrogen) atoms. The van der Waals surface area contributed by atoms with E-state index in [2.05, 4.69) is 48.5 Å². The second-order valence-electron chi connectivity index (χ2n) is 5.88. The van der Waals surface area contributed by atoms with Crippen molar-refractivity contribution in [1.29, 1.82) is 0 Å². The summed E-state index contributed by atoms with van der Waals surface area (Å²) < 4.78 is 6.22. The van der Waals surface area contributed by atoms with Crippen molar-refractivity contribution >= 4 is 11.6 Å². The average molecular weight is 331 g/mol. The molecule has 0 heterocycles. The van der Waals surface area contributed by atoms with Crippen molar-refractivity contribution in [2.24, 2.45) is 0 Å². The molecule has 2 heteroatoms. The fraction of sp³-hybridized carbons (Fsp3) is 0.429. The second-order valence-corrected chi connectivity index (χ2v) is 6.26. The molecular weight excluding hydrogens is 304 g/mol. The van der Waals surface area contributed by atoms with Crippen LogP contribution in [0.25, 0.3) is 0 Å². The minimum absolute atomic E-state index is 0.0358. The molecule has 0 aliphatic rings. The average Bonchev–Trinajstić information content (AvgIpc) is 2.62. The molecule has 0 aliphatic carbocycles. The van der Waals surface area contributed by atoms with Crippen molar-refractivity contribution in [3.8, 4) is 0 Å². The summed E-state index contributed by atoms with van der Waals surface area (Å²) in [5.74, 6) is 0.791. The second kappa shape index (κ2) is 11.3. The third-order valence-electron chi connectivity index (χ3n) is 4.02. The molecule has 2 aromatic rings. The molecule has 0 radical (unpaired) electrons. The van der Waals surface area contributed by atoms with E-state index in [1.165, 1.54) is 36.8 Å². The lowest BCUT2D eigenvalue weighted by molar-refractivity contribution is 0.0768.